The lowest BCUT2D eigenvalue weighted by Gasteiger charge is -2.39. The van der Waals surface area contributed by atoms with Crippen LogP contribution in [-0.4, -0.2) is 61.8 Å². The molecule has 0 radical (unpaired) electrons. The summed E-state index contributed by atoms with van der Waals surface area (Å²) in [7, 11) is 1.69. The minimum absolute atomic E-state index is 0.0736. The predicted octanol–water partition coefficient (Wildman–Crippen LogP) is 3.11. The Bertz CT molecular complexity index is 495. The number of methoxy groups -OCH3 is 1. The standard InChI is InChI=1S/C20H33N3O2/c1-3-13-23(20(24)21-12-8-15-25-2)19-11-7-14-22(17-19)16-18-9-5-4-6-10-18/h4-6,9-10,19H,3,7-8,11-17H2,1-2H3,(H,21,24). The molecule has 5 nitrogen and oxygen atoms in total. The van der Waals surface area contributed by atoms with Gasteiger partial charge in [0.05, 0.1) is 0 Å². The first-order valence-corrected chi connectivity index (χ1v) is 9.54. The molecule has 1 fully saturated rings. The highest BCUT2D eigenvalue weighted by Crippen LogP contribution is 2.18. The van der Waals surface area contributed by atoms with E-state index >= 15 is 0 Å². The van der Waals surface area contributed by atoms with Gasteiger partial charge in [-0.1, -0.05) is 37.3 Å². The Morgan fingerprint density at radius 3 is 2.88 bits per heavy atom. The normalized spacial score (nSPS) is 18.1. The second-order valence-electron chi connectivity index (χ2n) is 6.79. The topological polar surface area (TPSA) is 44.8 Å². The zero-order valence-corrected chi connectivity index (χ0v) is 15.7. The summed E-state index contributed by atoms with van der Waals surface area (Å²) < 4.78 is 5.05. The molecule has 2 amide bonds. The Kier molecular flexibility index (Phi) is 8.77. The van der Waals surface area contributed by atoms with Crippen molar-refractivity contribution in [2.75, 3.05) is 39.9 Å². The number of benzene rings is 1. The third kappa shape index (κ3) is 6.67. The van der Waals surface area contributed by atoms with E-state index < -0.39 is 0 Å². The number of rotatable bonds is 9. The third-order valence-corrected chi connectivity index (χ3v) is 4.70. The Labute approximate surface area is 152 Å². The minimum Gasteiger partial charge on any atom is -0.385 e. The maximum Gasteiger partial charge on any atom is 0.317 e. The molecule has 1 heterocycles. The third-order valence-electron chi connectivity index (χ3n) is 4.70. The predicted molar refractivity (Wildman–Crippen MR) is 102 cm³/mol. The summed E-state index contributed by atoms with van der Waals surface area (Å²) in [5, 5.41) is 3.05. The molecule has 1 atom stereocenters. The Hall–Kier alpha value is -1.59. The molecule has 140 valence electrons. The van der Waals surface area contributed by atoms with E-state index in [1.165, 1.54) is 5.56 Å². The molecule has 2 rings (SSSR count). The van der Waals surface area contributed by atoms with Crippen LogP contribution in [0.2, 0.25) is 0 Å². The van der Waals surface area contributed by atoms with Gasteiger partial charge in [-0.2, -0.15) is 0 Å². The lowest BCUT2D eigenvalue weighted by Crippen LogP contribution is -2.53. The molecular weight excluding hydrogens is 314 g/mol. The molecule has 5 heteroatoms. The summed E-state index contributed by atoms with van der Waals surface area (Å²) in [6, 6.07) is 11.0. The number of amides is 2. The lowest BCUT2D eigenvalue weighted by molar-refractivity contribution is 0.107. The van der Waals surface area contributed by atoms with Gasteiger partial charge in [-0.15, -0.1) is 0 Å². The largest absolute Gasteiger partial charge is 0.385 e. The molecule has 0 spiro atoms. The van der Waals surface area contributed by atoms with Gasteiger partial charge in [-0.25, -0.2) is 4.79 Å². The molecule has 1 N–H and O–H groups in total. The van der Waals surface area contributed by atoms with Crippen molar-refractivity contribution < 1.29 is 9.53 Å². The van der Waals surface area contributed by atoms with Crippen LogP contribution in [0.15, 0.2) is 30.3 Å². The van der Waals surface area contributed by atoms with Crippen LogP contribution in [-0.2, 0) is 11.3 Å². The zero-order chi connectivity index (χ0) is 17.9. The summed E-state index contributed by atoms with van der Waals surface area (Å²) in [4.78, 5) is 17.1. The molecule has 1 unspecified atom stereocenters. The summed E-state index contributed by atoms with van der Waals surface area (Å²) in [6.45, 7) is 7.35. The fourth-order valence-electron chi connectivity index (χ4n) is 3.47. The van der Waals surface area contributed by atoms with Crippen molar-refractivity contribution in [2.24, 2.45) is 0 Å². The van der Waals surface area contributed by atoms with Crippen LogP contribution >= 0.6 is 0 Å². The van der Waals surface area contributed by atoms with E-state index in [2.05, 4.69) is 47.5 Å². The van der Waals surface area contributed by atoms with Crippen molar-refractivity contribution in [3.05, 3.63) is 35.9 Å². The summed E-state index contributed by atoms with van der Waals surface area (Å²) in [6.07, 6.45) is 4.08. The number of carbonyl (C=O) groups excluding carboxylic acids is 1. The smallest absolute Gasteiger partial charge is 0.317 e. The Morgan fingerprint density at radius 1 is 1.36 bits per heavy atom. The van der Waals surface area contributed by atoms with E-state index in [9.17, 15) is 4.79 Å². The Balaban J connectivity index is 1.89. The number of nitrogens with zero attached hydrogens (tertiary/aromatic N) is 2. The maximum absolute atomic E-state index is 12.6. The fraction of sp³-hybridized carbons (Fsp3) is 0.650. The van der Waals surface area contributed by atoms with Crippen LogP contribution in [0.4, 0.5) is 4.79 Å². The van der Waals surface area contributed by atoms with Crippen LogP contribution in [0.1, 0.15) is 38.2 Å². The molecule has 1 saturated heterocycles. The molecule has 1 aliphatic rings. The van der Waals surface area contributed by atoms with Crippen molar-refractivity contribution in [3.8, 4) is 0 Å². The van der Waals surface area contributed by atoms with Crippen molar-refractivity contribution in [2.45, 2.75) is 45.2 Å². The molecule has 0 saturated carbocycles. The van der Waals surface area contributed by atoms with Crippen LogP contribution in [0.3, 0.4) is 0 Å². The van der Waals surface area contributed by atoms with Gasteiger partial charge in [-0.05, 0) is 37.8 Å². The first kappa shape index (κ1) is 19.7. The lowest BCUT2D eigenvalue weighted by atomic mass is 10.0. The van der Waals surface area contributed by atoms with E-state index in [1.807, 2.05) is 4.90 Å². The van der Waals surface area contributed by atoms with Crippen molar-refractivity contribution in [1.29, 1.82) is 0 Å². The SMILES string of the molecule is CCCN(C(=O)NCCCOC)C1CCCN(Cc2ccccc2)C1. The highest BCUT2D eigenvalue weighted by Gasteiger charge is 2.28. The summed E-state index contributed by atoms with van der Waals surface area (Å²) in [5.41, 5.74) is 1.34. The van der Waals surface area contributed by atoms with Crippen LogP contribution < -0.4 is 5.32 Å². The van der Waals surface area contributed by atoms with E-state index in [4.69, 9.17) is 4.74 Å². The van der Waals surface area contributed by atoms with E-state index in [1.54, 1.807) is 7.11 Å². The first-order chi connectivity index (χ1) is 12.2. The van der Waals surface area contributed by atoms with Gasteiger partial charge < -0.3 is 15.0 Å². The van der Waals surface area contributed by atoms with E-state index in [0.717, 1.165) is 51.9 Å². The minimum atomic E-state index is 0.0736. The van der Waals surface area contributed by atoms with Crippen molar-refractivity contribution in [3.63, 3.8) is 0 Å². The monoisotopic (exact) mass is 347 g/mol. The van der Waals surface area contributed by atoms with Gasteiger partial charge in [0.1, 0.15) is 0 Å². The number of hydrogen-bond acceptors (Lipinski definition) is 3. The van der Waals surface area contributed by atoms with Crippen molar-refractivity contribution in [1.82, 2.24) is 15.1 Å². The highest BCUT2D eigenvalue weighted by molar-refractivity contribution is 5.74. The molecule has 1 aliphatic heterocycles. The highest BCUT2D eigenvalue weighted by atomic mass is 16.5. The Morgan fingerprint density at radius 2 is 2.16 bits per heavy atom. The molecule has 25 heavy (non-hydrogen) atoms. The van der Waals surface area contributed by atoms with E-state index in [-0.39, 0.29) is 6.03 Å². The number of carbonyl (C=O) groups is 1. The number of nitrogens with one attached hydrogen (secondary N) is 1. The summed E-state index contributed by atoms with van der Waals surface area (Å²) in [5.74, 6) is 0. The van der Waals surface area contributed by atoms with Gasteiger partial charge in [0.2, 0.25) is 0 Å². The van der Waals surface area contributed by atoms with Gasteiger partial charge >= 0.3 is 6.03 Å². The average molecular weight is 348 g/mol. The number of likely N-dealkylation sites (tertiary alicyclic amines) is 1. The molecular formula is C20H33N3O2. The second-order valence-corrected chi connectivity index (χ2v) is 6.79. The van der Waals surface area contributed by atoms with Crippen LogP contribution in [0, 0.1) is 0 Å². The van der Waals surface area contributed by atoms with Crippen LogP contribution in [0.25, 0.3) is 0 Å². The van der Waals surface area contributed by atoms with E-state index in [0.29, 0.717) is 19.2 Å². The van der Waals surface area contributed by atoms with Crippen molar-refractivity contribution >= 4 is 6.03 Å². The van der Waals surface area contributed by atoms with Gasteiger partial charge in [-0.3, -0.25) is 4.90 Å². The molecule has 0 aromatic heterocycles. The maximum atomic E-state index is 12.6. The van der Waals surface area contributed by atoms with Crippen LogP contribution in [0.5, 0.6) is 0 Å². The first-order valence-electron chi connectivity index (χ1n) is 9.54. The van der Waals surface area contributed by atoms with Gasteiger partial charge in [0.25, 0.3) is 0 Å². The molecule has 1 aromatic carbocycles. The number of ether oxygens (including phenoxy) is 1. The zero-order valence-electron chi connectivity index (χ0n) is 15.7. The molecule has 1 aromatic rings. The fourth-order valence-corrected chi connectivity index (χ4v) is 3.47. The quantitative estimate of drug-likeness (QED) is 0.698. The molecule has 0 aliphatic carbocycles. The van der Waals surface area contributed by atoms with Gasteiger partial charge in [0.15, 0.2) is 0 Å². The van der Waals surface area contributed by atoms with Gasteiger partial charge in [0, 0.05) is 45.9 Å². The number of hydrogen-bond donors (Lipinski definition) is 1. The summed E-state index contributed by atoms with van der Waals surface area (Å²) >= 11 is 0. The molecule has 0 bridgehead atoms. The number of urea groups is 1. The average Bonchev–Trinajstić information content (AvgIpc) is 2.64. The number of piperidine rings is 1. The second kappa shape index (κ2) is 11.1.